The van der Waals surface area contributed by atoms with Gasteiger partial charge in [0.05, 0.1) is 13.0 Å². The first-order chi connectivity index (χ1) is 8.72. The van der Waals surface area contributed by atoms with Gasteiger partial charge in [-0.1, -0.05) is 12.1 Å². The van der Waals surface area contributed by atoms with Crippen LogP contribution in [0.25, 0.3) is 0 Å². The van der Waals surface area contributed by atoms with Crippen LogP contribution < -0.4 is 10.5 Å². The number of aryl methyl sites for hydroxylation is 1. The third-order valence-electron chi connectivity index (χ3n) is 2.82. The van der Waals surface area contributed by atoms with Crippen LogP contribution in [0.2, 0.25) is 0 Å². The third kappa shape index (κ3) is 2.87. The minimum absolute atomic E-state index is 0.0552. The van der Waals surface area contributed by atoms with Gasteiger partial charge in [0.15, 0.2) is 0 Å². The number of hydrogen-bond acceptors (Lipinski definition) is 5. The lowest BCUT2D eigenvalue weighted by molar-refractivity contribution is 0.414. The van der Waals surface area contributed by atoms with Crippen molar-refractivity contribution in [1.82, 2.24) is 10.2 Å². The molecule has 0 radical (unpaired) electrons. The lowest BCUT2D eigenvalue weighted by atomic mass is 9.99. The number of nitrogens with two attached hydrogens (primary N) is 1. The van der Waals surface area contributed by atoms with Crippen molar-refractivity contribution in [3.05, 3.63) is 41.6 Å². The van der Waals surface area contributed by atoms with Gasteiger partial charge in [-0.25, -0.2) is 0 Å². The Hall–Kier alpha value is -1.88. The summed E-state index contributed by atoms with van der Waals surface area (Å²) in [5.74, 6) is 2.07. The average Bonchev–Trinajstić information content (AvgIpc) is 2.83. The molecule has 0 saturated heterocycles. The number of aromatic nitrogens is 2. The number of benzene rings is 1. The molecule has 0 aliphatic carbocycles. The Labute approximate surface area is 106 Å². The summed E-state index contributed by atoms with van der Waals surface area (Å²) in [6, 6.07) is 7.90. The molecule has 2 rings (SSSR count). The monoisotopic (exact) mass is 247 g/mol. The highest BCUT2D eigenvalue weighted by Crippen LogP contribution is 2.20. The summed E-state index contributed by atoms with van der Waals surface area (Å²) in [6.07, 6.45) is 0.780. The minimum atomic E-state index is 0.0552. The van der Waals surface area contributed by atoms with Gasteiger partial charge in [0, 0.05) is 13.5 Å². The van der Waals surface area contributed by atoms with E-state index in [1.807, 2.05) is 24.3 Å². The molecular weight excluding hydrogens is 230 g/mol. The predicted octanol–water partition coefficient (Wildman–Crippen LogP) is 1.67. The van der Waals surface area contributed by atoms with Crippen molar-refractivity contribution in [2.75, 3.05) is 13.7 Å². The second-order valence-electron chi connectivity index (χ2n) is 4.14. The fraction of sp³-hybridized carbons (Fsp3) is 0.385. The largest absolute Gasteiger partial charge is 0.497 e. The van der Waals surface area contributed by atoms with E-state index < -0.39 is 0 Å². The van der Waals surface area contributed by atoms with Gasteiger partial charge in [-0.2, -0.15) is 0 Å². The van der Waals surface area contributed by atoms with E-state index >= 15 is 0 Å². The lowest BCUT2D eigenvalue weighted by Gasteiger charge is -2.10. The van der Waals surface area contributed by atoms with Crippen LogP contribution in [0.3, 0.4) is 0 Å². The van der Waals surface area contributed by atoms with Gasteiger partial charge in [0.2, 0.25) is 11.8 Å². The summed E-state index contributed by atoms with van der Waals surface area (Å²) in [5.41, 5.74) is 6.93. The first-order valence-electron chi connectivity index (χ1n) is 5.86. The van der Waals surface area contributed by atoms with Crippen molar-refractivity contribution in [3.63, 3.8) is 0 Å². The molecule has 96 valence electrons. The second kappa shape index (κ2) is 5.64. The van der Waals surface area contributed by atoms with Crippen LogP contribution in [0.5, 0.6) is 5.75 Å². The molecule has 1 aromatic heterocycles. The van der Waals surface area contributed by atoms with Gasteiger partial charge in [-0.15, -0.1) is 10.2 Å². The summed E-state index contributed by atoms with van der Waals surface area (Å²) in [7, 11) is 1.65. The summed E-state index contributed by atoms with van der Waals surface area (Å²) >= 11 is 0. The number of rotatable bonds is 5. The normalized spacial score (nSPS) is 12.4. The van der Waals surface area contributed by atoms with E-state index in [-0.39, 0.29) is 5.92 Å². The highest BCUT2D eigenvalue weighted by atomic mass is 16.5. The Morgan fingerprint density at radius 2 is 2.00 bits per heavy atom. The second-order valence-corrected chi connectivity index (χ2v) is 4.14. The van der Waals surface area contributed by atoms with Gasteiger partial charge in [-0.05, 0) is 24.1 Å². The lowest BCUT2D eigenvalue weighted by Crippen LogP contribution is -2.15. The molecular formula is C13H17N3O2. The molecule has 2 aromatic rings. The average molecular weight is 247 g/mol. The SMILES string of the molecule is COc1ccc(CC(CN)c2nnc(C)o2)cc1. The molecule has 0 fully saturated rings. The Morgan fingerprint density at radius 3 is 2.50 bits per heavy atom. The van der Waals surface area contributed by atoms with Crippen LogP contribution in [-0.2, 0) is 6.42 Å². The van der Waals surface area contributed by atoms with E-state index in [0.29, 0.717) is 18.3 Å². The zero-order chi connectivity index (χ0) is 13.0. The zero-order valence-corrected chi connectivity index (χ0v) is 10.6. The van der Waals surface area contributed by atoms with Crippen LogP contribution in [-0.4, -0.2) is 23.9 Å². The van der Waals surface area contributed by atoms with Crippen LogP contribution in [0.4, 0.5) is 0 Å². The molecule has 0 bridgehead atoms. The van der Waals surface area contributed by atoms with Crippen molar-refractivity contribution in [1.29, 1.82) is 0 Å². The molecule has 0 aliphatic heterocycles. The van der Waals surface area contributed by atoms with E-state index in [0.717, 1.165) is 12.2 Å². The molecule has 0 aliphatic rings. The van der Waals surface area contributed by atoms with E-state index in [1.54, 1.807) is 14.0 Å². The van der Waals surface area contributed by atoms with E-state index in [4.69, 9.17) is 14.9 Å². The molecule has 1 aromatic carbocycles. The fourth-order valence-electron chi connectivity index (χ4n) is 1.79. The molecule has 2 N–H and O–H groups in total. The molecule has 5 heteroatoms. The number of methoxy groups -OCH3 is 1. The number of hydrogen-bond donors (Lipinski definition) is 1. The Kier molecular flexibility index (Phi) is 3.94. The smallest absolute Gasteiger partial charge is 0.221 e. The summed E-state index contributed by atoms with van der Waals surface area (Å²) < 4.78 is 10.5. The maximum atomic E-state index is 5.77. The Bertz CT molecular complexity index is 493. The third-order valence-corrected chi connectivity index (χ3v) is 2.82. The van der Waals surface area contributed by atoms with Crippen molar-refractivity contribution in [2.45, 2.75) is 19.3 Å². The highest BCUT2D eigenvalue weighted by molar-refractivity contribution is 5.28. The van der Waals surface area contributed by atoms with Crippen LogP contribution in [0.15, 0.2) is 28.7 Å². The Balaban J connectivity index is 2.10. The quantitative estimate of drug-likeness (QED) is 0.870. The maximum absolute atomic E-state index is 5.77. The predicted molar refractivity (Wildman–Crippen MR) is 67.5 cm³/mol. The van der Waals surface area contributed by atoms with Gasteiger partial charge in [0.25, 0.3) is 0 Å². The molecule has 0 spiro atoms. The van der Waals surface area contributed by atoms with Crippen molar-refractivity contribution >= 4 is 0 Å². The van der Waals surface area contributed by atoms with E-state index in [2.05, 4.69) is 10.2 Å². The van der Waals surface area contributed by atoms with Crippen LogP contribution in [0, 0.1) is 6.92 Å². The molecule has 1 unspecified atom stereocenters. The van der Waals surface area contributed by atoms with Crippen molar-refractivity contribution in [2.24, 2.45) is 5.73 Å². The fourth-order valence-corrected chi connectivity index (χ4v) is 1.79. The molecule has 1 atom stereocenters. The maximum Gasteiger partial charge on any atom is 0.221 e. The minimum Gasteiger partial charge on any atom is -0.497 e. The summed E-state index contributed by atoms with van der Waals surface area (Å²) in [6.45, 7) is 2.26. The van der Waals surface area contributed by atoms with Crippen LogP contribution >= 0.6 is 0 Å². The summed E-state index contributed by atoms with van der Waals surface area (Å²) in [4.78, 5) is 0. The first-order valence-corrected chi connectivity index (χ1v) is 5.86. The van der Waals surface area contributed by atoms with Crippen LogP contribution in [0.1, 0.15) is 23.3 Å². The van der Waals surface area contributed by atoms with Gasteiger partial charge >= 0.3 is 0 Å². The summed E-state index contributed by atoms with van der Waals surface area (Å²) in [5, 5.41) is 7.86. The molecule has 18 heavy (non-hydrogen) atoms. The van der Waals surface area contributed by atoms with Crippen molar-refractivity contribution in [3.8, 4) is 5.75 Å². The number of ether oxygens (including phenoxy) is 1. The van der Waals surface area contributed by atoms with Gasteiger partial charge in [0.1, 0.15) is 5.75 Å². The van der Waals surface area contributed by atoms with E-state index in [1.165, 1.54) is 5.56 Å². The highest BCUT2D eigenvalue weighted by Gasteiger charge is 2.16. The number of nitrogens with zero attached hydrogens (tertiary/aromatic N) is 2. The van der Waals surface area contributed by atoms with Crippen molar-refractivity contribution < 1.29 is 9.15 Å². The van der Waals surface area contributed by atoms with Gasteiger partial charge < -0.3 is 14.9 Å². The molecule has 0 amide bonds. The molecule has 5 nitrogen and oxygen atoms in total. The molecule has 1 heterocycles. The topological polar surface area (TPSA) is 74.2 Å². The van der Waals surface area contributed by atoms with Gasteiger partial charge in [-0.3, -0.25) is 0 Å². The Morgan fingerprint density at radius 1 is 1.28 bits per heavy atom. The molecule has 0 saturated carbocycles. The first kappa shape index (κ1) is 12.6. The van der Waals surface area contributed by atoms with E-state index in [9.17, 15) is 0 Å². The zero-order valence-electron chi connectivity index (χ0n) is 10.6. The standard InChI is InChI=1S/C13H17N3O2/c1-9-15-16-13(18-9)11(8-14)7-10-3-5-12(17-2)6-4-10/h3-6,11H,7-8,14H2,1-2H3.